The summed E-state index contributed by atoms with van der Waals surface area (Å²) in [5.41, 5.74) is 7.17. The molecule has 0 aliphatic rings. The molecule has 0 spiro atoms. The molecule has 10 heteroatoms. The topological polar surface area (TPSA) is 108 Å². The number of ether oxygens (including phenoxy) is 1. The van der Waals surface area contributed by atoms with E-state index in [0.717, 1.165) is 56.7 Å². The molecular formula is C31H31FN8O. The first kappa shape index (κ1) is 26.4. The number of halogens is 1. The summed E-state index contributed by atoms with van der Waals surface area (Å²) in [7, 11) is 3.93. The summed E-state index contributed by atoms with van der Waals surface area (Å²) in [5.74, 6) is 0.0919. The fourth-order valence-electron chi connectivity index (χ4n) is 4.81. The predicted octanol–water partition coefficient (Wildman–Crippen LogP) is 6.13. The highest BCUT2D eigenvalue weighted by atomic mass is 19.1. The van der Waals surface area contributed by atoms with Gasteiger partial charge in [-0.05, 0) is 64.3 Å². The molecule has 0 atom stereocenters. The molecule has 9 nitrogen and oxygen atoms in total. The Bertz CT molecular complexity index is 1840. The van der Waals surface area contributed by atoms with Crippen LogP contribution in [0.2, 0.25) is 0 Å². The van der Waals surface area contributed by atoms with Gasteiger partial charge in [-0.1, -0.05) is 0 Å². The van der Waals surface area contributed by atoms with Crippen molar-refractivity contribution in [3.8, 4) is 39.7 Å². The smallest absolute Gasteiger partial charge is 0.127 e. The van der Waals surface area contributed by atoms with Crippen molar-refractivity contribution in [1.82, 2.24) is 35.0 Å². The maximum absolute atomic E-state index is 14.6. The molecule has 1 aromatic carbocycles. The van der Waals surface area contributed by atoms with Crippen LogP contribution in [0.1, 0.15) is 13.8 Å². The van der Waals surface area contributed by atoms with Gasteiger partial charge in [0.1, 0.15) is 23.9 Å². The fourth-order valence-corrected chi connectivity index (χ4v) is 4.81. The second kappa shape index (κ2) is 11.0. The van der Waals surface area contributed by atoms with Gasteiger partial charge in [-0.3, -0.25) is 20.1 Å². The van der Waals surface area contributed by atoms with Crippen LogP contribution in [0.4, 0.5) is 10.1 Å². The molecular weight excluding hydrogens is 519 g/mol. The third-order valence-corrected chi connectivity index (χ3v) is 6.69. The minimum atomic E-state index is -0.377. The number of hydrogen-bond acceptors (Lipinski definition) is 7. The average molecular weight is 551 g/mol. The highest BCUT2D eigenvalue weighted by molar-refractivity contribution is 6.00. The lowest BCUT2D eigenvalue weighted by atomic mass is 10.1. The van der Waals surface area contributed by atoms with Gasteiger partial charge >= 0.3 is 0 Å². The van der Waals surface area contributed by atoms with Crippen molar-refractivity contribution in [3.63, 3.8) is 0 Å². The van der Waals surface area contributed by atoms with Crippen LogP contribution in [0.3, 0.4) is 0 Å². The van der Waals surface area contributed by atoms with Gasteiger partial charge in [0, 0.05) is 64.7 Å². The molecule has 0 amide bonds. The summed E-state index contributed by atoms with van der Waals surface area (Å²) < 4.78 is 20.4. The number of hydrogen-bond donors (Lipinski definition) is 3. The number of benzene rings is 1. The molecule has 0 saturated heterocycles. The van der Waals surface area contributed by atoms with E-state index in [4.69, 9.17) is 4.74 Å². The van der Waals surface area contributed by atoms with Crippen LogP contribution in [-0.2, 0) is 0 Å². The monoisotopic (exact) mass is 550 g/mol. The Hall–Kier alpha value is -4.83. The Morgan fingerprint density at radius 2 is 1.78 bits per heavy atom. The first-order valence-corrected chi connectivity index (χ1v) is 13.5. The zero-order valence-corrected chi connectivity index (χ0v) is 23.4. The van der Waals surface area contributed by atoms with Crippen molar-refractivity contribution < 1.29 is 9.13 Å². The first-order chi connectivity index (χ1) is 19.8. The van der Waals surface area contributed by atoms with E-state index in [-0.39, 0.29) is 5.82 Å². The fraction of sp³-hybridized carbons (Fsp3) is 0.226. The van der Waals surface area contributed by atoms with Crippen molar-refractivity contribution >= 4 is 27.5 Å². The van der Waals surface area contributed by atoms with Crippen molar-refractivity contribution in [2.45, 2.75) is 19.9 Å². The maximum Gasteiger partial charge on any atom is 0.127 e. The summed E-state index contributed by atoms with van der Waals surface area (Å²) in [6.07, 6.45) is 7.10. The van der Waals surface area contributed by atoms with E-state index in [0.29, 0.717) is 29.7 Å². The predicted molar refractivity (Wildman–Crippen MR) is 160 cm³/mol. The van der Waals surface area contributed by atoms with Crippen LogP contribution in [0.5, 0.6) is 5.75 Å². The molecule has 0 aliphatic heterocycles. The molecule has 0 bridgehead atoms. The molecule has 5 aromatic heterocycles. The van der Waals surface area contributed by atoms with E-state index in [9.17, 15) is 4.39 Å². The van der Waals surface area contributed by atoms with Crippen LogP contribution in [0.15, 0.2) is 67.3 Å². The van der Waals surface area contributed by atoms with Gasteiger partial charge in [0.05, 0.1) is 34.5 Å². The Kier molecular flexibility index (Phi) is 7.07. The standard InChI is InChI=1S/C31H31FN8O/c1-18(2)36-22-10-20(15-33-16-22)27-13-25-29(17-35-27)38-39-31(25)28-14-24-26(37-28)5-6-34-30(24)19-9-21(32)12-23(11-19)41-8-7-40(3)4/h5-6,9-18,36-37H,7-8H2,1-4H3,(H,38,39). The Morgan fingerprint density at radius 1 is 0.927 bits per heavy atom. The molecule has 3 N–H and O–H groups in total. The highest BCUT2D eigenvalue weighted by Crippen LogP contribution is 2.35. The largest absolute Gasteiger partial charge is 0.492 e. The SMILES string of the molecule is CC(C)Nc1cncc(-c2cc3c(-c4cc5c(-c6cc(F)cc(OCCN(C)C)c6)nccc5[nH]4)n[nH]c3cn2)c1. The Labute approximate surface area is 236 Å². The number of aromatic amines is 2. The number of anilines is 1. The quantitative estimate of drug-likeness (QED) is 0.199. The van der Waals surface area contributed by atoms with E-state index in [2.05, 4.69) is 49.3 Å². The molecule has 208 valence electrons. The zero-order chi connectivity index (χ0) is 28.5. The van der Waals surface area contributed by atoms with Gasteiger partial charge in [-0.2, -0.15) is 5.10 Å². The summed E-state index contributed by atoms with van der Waals surface area (Å²) in [6.45, 7) is 5.36. The number of nitrogens with one attached hydrogen (secondary N) is 3. The Balaban J connectivity index is 1.37. The van der Waals surface area contributed by atoms with E-state index in [1.807, 2.05) is 49.3 Å². The van der Waals surface area contributed by atoms with E-state index < -0.39 is 0 Å². The molecule has 5 heterocycles. The third kappa shape index (κ3) is 5.59. The number of rotatable bonds is 9. The van der Waals surface area contributed by atoms with Crippen LogP contribution < -0.4 is 10.1 Å². The Morgan fingerprint density at radius 3 is 2.61 bits per heavy atom. The van der Waals surface area contributed by atoms with E-state index in [1.165, 1.54) is 12.1 Å². The van der Waals surface area contributed by atoms with E-state index >= 15 is 0 Å². The summed E-state index contributed by atoms with van der Waals surface area (Å²) >= 11 is 0. The number of likely N-dealkylation sites (N-methyl/N-ethyl adjacent to an activating group) is 1. The molecule has 6 aromatic rings. The lowest BCUT2D eigenvalue weighted by molar-refractivity contribution is 0.260. The summed E-state index contributed by atoms with van der Waals surface area (Å²) in [5, 5.41) is 12.9. The highest BCUT2D eigenvalue weighted by Gasteiger charge is 2.16. The zero-order valence-electron chi connectivity index (χ0n) is 23.4. The van der Waals surface area contributed by atoms with E-state index in [1.54, 1.807) is 24.8 Å². The number of fused-ring (bicyclic) bond motifs is 2. The average Bonchev–Trinajstić information content (AvgIpc) is 3.56. The molecule has 6 rings (SSSR count). The number of nitrogens with zero attached hydrogens (tertiary/aromatic N) is 5. The van der Waals surface area contributed by atoms with Gasteiger partial charge in [-0.15, -0.1) is 0 Å². The third-order valence-electron chi connectivity index (χ3n) is 6.69. The van der Waals surface area contributed by atoms with Crippen LogP contribution in [-0.4, -0.2) is 68.3 Å². The van der Waals surface area contributed by atoms with Crippen LogP contribution >= 0.6 is 0 Å². The normalized spacial score (nSPS) is 11.7. The van der Waals surface area contributed by atoms with Gasteiger partial charge in [0.2, 0.25) is 0 Å². The van der Waals surface area contributed by atoms with Crippen LogP contribution in [0.25, 0.3) is 55.7 Å². The van der Waals surface area contributed by atoms with Gasteiger partial charge in [0.15, 0.2) is 0 Å². The van der Waals surface area contributed by atoms with Gasteiger partial charge in [0.25, 0.3) is 0 Å². The summed E-state index contributed by atoms with van der Waals surface area (Å²) in [6, 6.07) is 12.9. The number of H-pyrrole nitrogens is 2. The molecule has 41 heavy (non-hydrogen) atoms. The molecule has 0 radical (unpaired) electrons. The first-order valence-electron chi connectivity index (χ1n) is 13.5. The lowest BCUT2D eigenvalue weighted by Gasteiger charge is -2.12. The minimum absolute atomic E-state index is 0.291. The second-order valence-corrected chi connectivity index (χ2v) is 10.6. The number of aromatic nitrogens is 6. The van der Waals surface area contributed by atoms with Crippen LogP contribution in [0, 0.1) is 5.82 Å². The van der Waals surface area contributed by atoms with Crippen molar-refractivity contribution in [3.05, 3.63) is 73.1 Å². The lowest BCUT2D eigenvalue weighted by Crippen LogP contribution is -2.19. The van der Waals surface area contributed by atoms with Crippen molar-refractivity contribution in [1.29, 1.82) is 0 Å². The van der Waals surface area contributed by atoms with Crippen molar-refractivity contribution in [2.75, 3.05) is 32.6 Å². The minimum Gasteiger partial charge on any atom is -0.492 e. The van der Waals surface area contributed by atoms with Gasteiger partial charge < -0.3 is 19.9 Å². The molecule has 0 unspecified atom stereocenters. The molecule has 0 aliphatic carbocycles. The second-order valence-electron chi connectivity index (χ2n) is 10.6. The molecule has 0 fully saturated rings. The maximum atomic E-state index is 14.6. The molecule has 0 saturated carbocycles. The summed E-state index contributed by atoms with van der Waals surface area (Å²) in [4.78, 5) is 19.1. The van der Waals surface area contributed by atoms with Crippen molar-refractivity contribution in [2.24, 2.45) is 0 Å². The number of pyridine rings is 3. The van der Waals surface area contributed by atoms with Gasteiger partial charge in [-0.25, -0.2) is 4.39 Å².